The van der Waals surface area contributed by atoms with Crippen LogP contribution in [0.3, 0.4) is 0 Å². The lowest BCUT2D eigenvalue weighted by atomic mass is 10.1. The van der Waals surface area contributed by atoms with Gasteiger partial charge in [0.1, 0.15) is 15.7 Å². The van der Waals surface area contributed by atoms with Crippen LogP contribution in [-0.2, 0) is 0 Å². The second-order valence-electron chi connectivity index (χ2n) is 5.92. The number of nitrogens with two attached hydrogens (primary N) is 1. The first kappa shape index (κ1) is 17.3. The number of nitrogen functional groups attached to an aromatic ring is 1. The Morgan fingerprint density at radius 1 is 1.32 bits per heavy atom. The quantitative estimate of drug-likeness (QED) is 0.523. The Bertz CT molecular complexity index is 976. The predicted molar refractivity (Wildman–Crippen MR) is 105 cm³/mol. The molecule has 0 spiro atoms. The third kappa shape index (κ3) is 2.95. The summed E-state index contributed by atoms with van der Waals surface area (Å²) in [6.07, 6.45) is 4.62. The van der Waals surface area contributed by atoms with E-state index in [4.69, 9.17) is 10.2 Å². The molecule has 1 atom stereocenters. The van der Waals surface area contributed by atoms with E-state index in [0.717, 1.165) is 31.9 Å². The zero-order valence-corrected chi connectivity index (χ0v) is 15.6. The lowest BCUT2D eigenvalue weighted by Crippen LogP contribution is -1.94. The van der Waals surface area contributed by atoms with Crippen LogP contribution in [0.2, 0.25) is 0 Å². The van der Waals surface area contributed by atoms with Crippen molar-refractivity contribution in [1.82, 2.24) is 15.2 Å². The molecule has 0 bridgehead atoms. The van der Waals surface area contributed by atoms with Gasteiger partial charge in [-0.1, -0.05) is 12.2 Å². The van der Waals surface area contributed by atoms with Crippen LogP contribution in [-0.4, -0.2) is 21.9 Å². The van der Waals surface area contributed by atoms with Crippen molar-refractivity contribution in [1.29, 1.82) is 0 Å². The lowest BCUT2D eigenvalue weighted by Gasteiger charge is -2.05. The summed E-state index contributed by atoms with van der Waals surface area (Å²) in [4.78, 5) is 10.4. The van der Waals surface area contributed by atoms with Gasteiger partial charge in [0.2, 0.25) is 5.89 Å². The third-order valence-corrected chi connectivity index (χ3v) is 5.50. The minimum Gasteiger partial charge on any atom is -0.417 e. The average Bonchev–Trinajstić information content (AvgIpc) is 3.19. The Kier molecular flexibility index (Phi) is 4.67. The Balaban J connectivity index is 0.00000243. The number of rotatable bonds is 5. The summed E-state index contributed by atoms with van der Waals surface area (Å²) >= 11 is 1.47. The Hall–Kier alpha value is -2.54. The summed E-state index contributed by atoms with van der Waals surface area (Å²) < 4.78 is 5.84. The maximum Gasteiger partial charge on any atom is 0.260 e. The van der Waals surface area contributed by atoms with E-state index in [9.17, 15) is 0 Å². The van der Waals surface area contributed by atoms with E-state index in [1.165, 1.54) is 11.3 Å². The number of anilines is 1. The molecule has 0 saturated heterocycles. The molecular formula is C18H23N5OS. The number of hydrogen-bond acceptors (Lipinski definition) is 7. The molecule has 0 aliphatic rings. The molecule has 0 fully saturated rings. The summed E-state index contributed by atoms with van der Waals surface area (Å²) in [5.74, 6) is 0.844. The topological polar surface area (TPSA) is 90.2 Å². The molecule has 6 nitrogen and oxygen atoms in total. The van der Waals surface area contributed by atoms with Crippen LogP contribution >= 0.6 is 11.3 Å². The molecular weight excluding hydrogens is 334 g/mol. The van der Waals surface area contributed by atoms with Crippen molar-refractivity contribution in [2.45, 2.75) is 40.2 Å². The van der Waals surface area contributed by atoms with Gasteiger partial charge < -0.3 is 10.2 Å². The highest BCUT2D eigenvalue weighted by Crippen LogP contribution is 2.42. The molecule has 0 aliphatic heterocycles. The van der Waals surface area contributed by atoms with Crippen molar-refractivity contribution in [2.75, 3.05) is 5.73 Å². The van der Waals surface area contributed by atoms with E-state index in [-0.39, 0.29) is 7.47 Å². The Morgan fingerprint density at radius 2 is 2.08 bits per heavy atom. The van der Waals surface area contributed by atoms with Crippen molar-refractivity contribution in [3.63, 3.8) is 0 Å². The molecule has 132 valence electrons. The van der Waals surface area contributed by atoms with E-state index in [1.807, 2.05) is 26.0 Å². The summed E-state index contributed by atoms with van der Waals surface area (Å²) in [6, 6.07) is -0.252. The van der Waals surface area contributed by atoms with Crippen LogP contribution in [0.25, 0.3) is 21.0 Å². The first-order valence-corrected chi connectivity index (χ1v) is 8.86. The zero-order chi connectivity index (χ0) is 18.1. The van der Waals surface area contributed by atoms with E-state index >= 15 is 0 Å². The number of fused-ring (bicyclic) bond motifs is 1. The minimum atomic E-state index is -0.252. The van der Waals surface area contributed by atoms with Gasteiger partial charge in [0, 0.05) is 12.5 Å². The van der Waals surface area contributed by atoms with Crippen molar-refractivity contribution >= 4 is 34.0 Å². The minimum absolute atomic E-state index is 0. The largest absolute Gasteiger partial charge is 0.417 e. The summed E-state index contributed by atoms with van der Waals surface area (Å²) in [5, 5.41) is 9.27. The first-order chi connectivity index (χ1) is 12.0. The molecule has 7 heteroatoms. The normalized spacial score (nSPS) is 13.0. The number of aliphatic imine (C=N–C) groups is 1. The van der Waals surface area contributed by atoms with E-state index < -0.39 is 0 Å². The van der Waals surface area contributed by atoms with Gasteiger partial charge in [0.25, 0.3) is 5.89 Å². The second-order valence-corrected chi connectivity index (χ2v) is 6.92. The van der Waals surface area contributed by atoms with Crippen LogP contribution in [0, 0.1) is 20.8 Å². The van der Waals surface area contributed by atoms with Gasteiger partial charge in [0.05, 0.1) is 5.69 Å². The highest BCUT2D eigenvalue weighted by atomic mass is 32.1. The number of allylic oxidation sites excluding steroid dienone is 1. The van der Waals surface area contributed by atoms with Crippen LogP contribution in [0.5, 0.6) is 0 Å². The molecule has 3 rings (SSSR count). The van der Waals surface area contributed by atoms with Gasteiger partial charge in [-0.25, -0.2) is 4.98 Å². The van der Waals surface area contributed by atoms with Gasteiger partial charge >= 0.3 is 0 Å². The van der Waals surface area contributed by atoms with Crippen molar-refractivity contribution < 1.29 is 5.84 Å². The highest BCUT2D eigenvalue weighted by molar-refractivity contribution is 7.22. The van der Waals surface area contributed by atoms with Crippen LogP contribution in [0.4, 0.5) is 5.69 Å². The van der Waals surface area contributed by atoms with Crippen LogP contribution < -0.4 is 5.73 Å². The Labute approximate surface area is 152 Å². The lowest BCUT2D eigenvalue weighted by molar-refractivity contribution is 0.463. The molecule has 0 aromatic carbocycles. The fourth-order valence-corrected chi connectivity index (χ4v) is 3.83. The van der Waals surface area contributed by atoms with E-state index in [2.05, 4.69) is 40.7 Å². The molecule has 0 amide bonds. The van der Waals surface area contributed by atoms with Gasteiger partial charge in [-0.05, 0) is 52.0 Å². The molecule has 3 aromatic rings. The number of pyridine rings is 1. The van der Waals surface area contributed by atoms with Gasteiger partial charge in [0.15, 0.2) is 0 Å². The summed E-state index contributed by atoms with van der Waals surface area (Å²) in [5.41, 5.74) is 10.3. The SMILES string of the molecule is C=NC(C/C=C\C)c1nnc(-c2sc3nc(C)c(C)c(C)c3c2N)o1.[HH]. The highest BCUT2D eigenvalue weighted by Gasteiger charge is 2.22. The molecule has 0 saturated carbocycles. The third-order valence-electron chi connectivity index (χ3n) is 4.41. The summed E-state index contributed by atoms with van der Waals surface area (Å²) in [7, 11) is 0. The number of aromatic nitrogens is 3. The van der Waals surface area contributed by atoms with Gasteiger partial charge in [-0.3, -0.25) is 4.99 Å². The van der Waals surface area contributed by atoms with Gasteiger partial charge in [-0.15, -0.1) is 21.5 Å². The van der Waals surface area contributed by atoms with Crippen LogP contribution in [0.15, 0.2) is 21.6 Å². The molecule has 2 N–H and O–H groups in total. The van der Waals surface area contributed by atoms with Crippen molar-refractivity contribution in [2.24, 2.45) is 4.99 Å². The van der Waals surface area contributed by atoms with Crippen LogP contribution in [0.1, 0.15) is 43.5 Å². The number of hydrogen-bond donors (Lipinski definition) is 1. The standard InChI is InChI=1S/C18H21N5OS.H2/c1-6-7-8-12(20-5)16-22-23-17(24-16)15-14(19)13-10(3)9(2)11(4)21-18(13)25-15;/h6-7,12H,5,8,19H2,1-4H3;1H/b7-6-;. The summed E-state index contributed by atoms with van der Waals surface area (Å²) in [6.45, 7) is 11.7. The molecule has 1 unspecified atom stereocenters. The van der Waals surface area contributed by atoms with Crippen molar-refractivity contribution in [3.05, 3.63) is 34.9 Å². The monoisotopic (exact) mass is 357 g/mol. The first-order valence-electron chi connectivity index (χ1n) is 8.04. The van der Waals surface area contributed by atoms with E-state index in [1.54, 1.807) is 0 Å². The maximum atomic E-state index is 6.38. The molecule has 0 radical (unpaired) electrons. The predicted octanol–water partition coefficient (Wildman–Crippen LogP) is 4.81. The molecule has 3 aromatic heterocycles. The zero-order valence-electron chi connectivity index (χ0n) is 14.8. The van der Waals surface area contributed by atoms with Gasteiger partial charge in [-0.2, -0.15) is 0 Å². The second kappa shape index (κ2) is 6.76. The smallest absolute Gasteiger partial charge is 0.260 e. The number of aryl methyl sites for hydroxylation is 2. The number of nitrogens with zero attached hydrogens (tertiary/aromatic N) is 4. The Morgan fingerprint density at radius 3 is 2.76 bits per heavy atom. The van der Waals surface area contributed by atoms with Crippen molar-refractivity contribution in [3.8, 4) is 10.8 Å². The number of thiophene rings is 1. The molecule has 0 aliphatic carbocycles. The van der Waals surface area contributed by atoms with E-state index in [0.29, 0.717) is 23.9 Å². The maximum absolute atomic E-state index is 6.38. The molecule has 25 heavy (non-hydrogen) atoms. The molecule has 3 heterocycles. The fourth-order valence-electron chi connectivity index (χ4n) is 2.71. The fraction of sp³-hybridized carbons (Fsp3) is 0.333. The average molecular weight is 357 g/mol.